The average molecular weight is 291 g/mol. The molecule has 1 aromatic carbocycles. The second kappa shape index (κ2) is 7.08. The molecule has 2 rings (SSSR count). The van der Waals surface area contributed by atoms with E-state index in [2.05, 4.69) is 5.32 Å². The monoisotopic (exact) mass is 291 g/mol. The number of rotatable bonds is 4. The van der Waals surface area contributed by atoms with E-state index in [0.717, 1.165) is 24.0 Å². The van der Waals surface area contributed by atoms with Crippen LogP contribution in [0.25, 0.3) is 0 Å². The molecule has 0 radical (unpaired) electrons. The lowest BCUT2D eigenvalue weighted by atomic mass is 9.97. The molecule has 0 spiro atoms. The molecule has 1 unspecified atom stereocenters. The number of aliphatic hydroxyl groups excluding tert-OH is 1. The van der Waals surface area contributed by atoms with Crippen LogP contribution in [-0.2, 0) is 17.9 Å². The van der Waals surface area contributed by atoms with Gasteiger partial charge in [-0.15, -0.1) is 0 Å². The van der Waals surface area contributed by atoms with E-state index in [1.54, 1.807) is 0 Å². The van der Waals surface area contributed by atoms with Crippen LogP contribution >= 0.6 is 0 Å². The highest BCUT2D eigenvalue weighted by atomic mass is 16.3. The molecule has 1 saturated heterocycles. The first-order valence-corrected chi connectivity index (χ1v) is 7.11. The molecule has 0 bridgehead atoms. The summed E-state index contributed by atoms with van der Waals surface area (Å²) < 4.78 is 0. The van der Waals surface area contributed by atoms with Crippen molar-refractivity contribution in [3.05, 3.63) is 35.4 Å². The number of nitrogens with one attached hydrogen (secondary N) is 1. The second-order valence-corrected chi connectivity index (χ2v) is 5.32. The number of carbonyl (C=O) groups excluding carboxylic acids is 2. The highest BCUT2D eigenvalue weighted by Gasteiger charge is 2.27. The summed E-state index contributed by atoms with van der Waals surface area (Å²) in [6.45, 7) is 1.47. The van der Waals surface area contributed by atoms with Crippen molar-refractivity contribution in [3.63, 3.8) is 0 Å². The van der Waals surface area contributed by atoms with Crippen molar-refractivity contribution >= 4 is 11.9 Å². The molecule has 4 N–H and O–H groups in total. The maximum absolute atomic E-state index is 12.1. The second-order valence-electron chi connectivity index (χ2n) is 5.32. The molecular formula is C15H21N3O3. The summed E-state index contributed by atoms with van der Waals surface area (Å²) >= 11 is 0. The van der Waals surface area contributed by atoms with Crippen molar-refractivity contribution < 1.29 is 14.7 Å². The molecule has 0 saturated carbocycles. The lowest BCUT2D eigenvalue weighted by Gasteiger charge is -2.30. The number of aliphatic hydroxyl groups is 1. The number of carbonyl (C=O) groups is 2. The van der Waals surface area contributed by atoms with E-state index in [1.165, 1.54) is 4.90 Å². The number of urea groups is 1. The Morgan fingerprint density at radius 1 is 1.29 bits per heavy atom. The Morgan fingerprint density at radius 2 is 1.95 bits per heavy atom. The van der Waals surface area contributed by atoms with Crippen LogP contribution in [0.5, 0.6) is 0 Å². The van der Waals surface area contributed by atoms with Crippen LogP contribution in [0.3, 0.4) is 0 Å². The van der Waals surface area contributed by atoms with Crippen LogP contribution in [0.15, 0.2) is 24.3 Å². The number of amides is 3. The van der Waals surface area contributed by atoms with Crippen LogP contribution in [0, 0.1) is 5.92 Å². The molecule has 0 aliphatic carbocycles. The first kappa shape index (κ1) is 15.3. The van der Waals surface area contributed by atoms with Gasteiger partial charge in [-0.05, 0) is 24.0 Å². The zero-order valence-electron chi connectivity index (χ0n) is 11.9. The minimum absolute atomic E-state index is 0.0116. The van der Waals surface area contributed by atoms with Gasteiger partial charge in [0, 0.05) is 19.6 Å². The Balaban J connectivity index is 1.84. The fraction of sp³-hybridized carbons (Fsp3) is 0.467. The number of nitrogens with zero attached hydrogens (tertiary/aromatic N) is 1. The highest BCUT2D eigenvalue weighted by molar-refractivity contribution is 5.80. The van der Waals surface area contributed by atoms with Gasteiger partial charge in [-0.3, -0.25) is 4.79 Å². The number of likely N-dealkylation sites (tertiary alicyclic amines) is 1. The van der Waals surface area contributed by atoms with Gasteiger partial charge in [0.25, 0.3) is 0 Å². The molecule has 3 amide bonds. The number of hydrogen-bond acceptors (Lipinski definition) is 3. The standard InChI is InChI=1S/C15H21N3O3/c16-15(21)18-7-1-2-13(9-18)14(20)17-8-11-3-5-12(10-19)6-4-11/h3-6,13,19H,1-2,7-10H2,(H2,16,21)(H,17,20). The van der Waals surface area contributed by atoms with E-state index in [0.29, 0.717) is 19.6 Å². The van der Waals surface area contributed by atoms with Crippen LogP contribution in [0.2, 0.25) is 0 Å². The first-order valence-electron chi connectivity index (χ1n) is 7.11. The molecule has 1 aliphatic rings. The van der Waals surface area contributed by atoms with E-state index in [4.69, 9.17) is 10.8 Å². The van der Waals surface area contributed by atoms with Crippen LogP contribution in [0.1, 0.15) is 24.0 Å². The summed E-state index contributed by atoms with van der Waals surface area (Å²) in [4.78, 5) is 24.8. The number of nitrogens with two attached hydrogens (primary N) is 1. The number of benzene rings is 1. The van der Waals surface area contributed by atoms with Gasteiger partial charge in [0.2, 0.25) is 5.91 Å². The van der Waals surface area contributed by atoms with Gasteiger partial charge < -0.3 is 21.1 Å². The van der Waals surface area contributed by atoms with Gasteiger partial charge >= 0.3 is 6.03 Å². The lowest BCUT2D eigenvalue weighted by Crippen LogP contribution is -2.47. The number of hydrogen-bond donors (Lipinski definition) is 3. The van der Waals surface area contributed by atoms with E-state index in [9.17, 15) is 9.59 Å². The van der Waals surface area contributed by atoms with Gasteiger partial charge in [-0.25, -0.2) is 4.79 Å². The molecule has 21 heavy (non-hydrogen) atoms. The van der Waals surface area contributed by atoms with Crippen LogP contribution in [0.4, 0.5) is 4.79 Å². The molecule has 1 aromatic rings. The molecule has 6 heteroatoms. The predicted molar refractivity (Wildman–Crippen MR) is 78.1 cm³/mol. The van der Waals surface area contributed by atoms with Crippen molar-refractivity contribution in [3.8, 4) is 0 Å². The van der Waals surface area contributed by atoms with Crippen molar-refractivity contribution in [2.75, 3.05) is 13.1 Å². The highest BCUT2D eigenvalue weighted by Crippen LogP contribution is 2.16. The van der Waals surface area contributed by atoms with Gasteiger partial charge in [-0.1, -0.05) is 24.3 Å². The van der Waals surface area contributed by atoms with Gasteiger partial charge in [-0.2, -0.15) is 0 Å². The van der Waals surface area contributed by atoms with Crippen molar-refractivity contribution in [1.82, 2.24) is 10.2 Å². The Hall–Kier alpha value is -2.08. The average Bonchev–Trinajstić information content (AvgIpc) is 2.53. The molecule has 1 atom stereocenters. The zero-order chi connectivity index (χ0) is 15.2. The lowest BCUT2D eigenvalue weighted by molar-refractivity contribution is -0.126. The first-order chi connectivity index (χ1) is 10.1. The summed E-state index contributed by atoms with van der Waals surface area (Å²) in [5, 5.41) is 11.9. The molecule has 0 aromatic heterocycles. The quantitative estimate of drug-likeness (QED) is 0.757. The number of piperidine rings is 1. The normalized spacial score (nSPS) is 18.3. The molecule has 6 nitrogen and oxygen atoms in total. The third kappa shape index (κ3) is 4.19. The van der Waals surface area contributed by atoms with E-state index < -0.39 is 6.03 Å². The molecule has 1 fully saturated rings. The van der Waals surface area contributed by atoms with Crippen molar-refractivity contribution in [2.24, 2.45) is 11.7 Å². The van der Waals surface area contributed by atoms with E-state index >= 15 is 0 Å². The summed E-state index contributed by atoms with van der Waals surface area (Å²) in [6, 6.07) is 6.95. The zero-order valence-corrected chi connectivity index (χ0v) is 11.9. The molecule has 114 valence electrons. The predicted octanol–water partition coefficient (Wildman–Crippen LogP) is 0.586. The summed E-state index contributed by atoms with van der Waals surface area (Å²) in [5.74, 6) is -0.241. The molecule has 1 heterocycles. The minimum atomic E-state index is -0.466. The summed E-state index contributed by atoms with van der Waals surface area (Å²) in [6.07, 6.45) is 1.57. The fourth-order valence-electron chi connectivity index (χ4n) is 2.49. The van der Waals surface area contributed by atoms with Gasteiger partial charge in [0.1, 0.15) is 0 Å². The van der Waals surface area contributed by atoms with Gasteiger partial charge in [0.15, 0.2) is 0 Å². The van der Waals surface area contributed by atoms with Crippen LogP contribution in [-0.4, -0.2) is 35.0 Å². The van der Waals surface area contributed by atoms with Crippen molar-refractivity contribution in [2.45, 2.75) is 26.0 Å². The third-order valence-electron chi connectivity index (χ3n) is 3.78. The Morgan fingerprint density at radius 3 is 2.57 bits per heavy atom. The third-order valence-corrected chi connectivity index (χ3v) is 3.78. The molecule has 1 aliphatic heterocycles. The SMILES string of the molecule is NC(=O)N1CCCC(C(=O)NCc2ccc(CO)cc2)C1. The maximum Gasteiger partial charge on any atom is 0.314 e. The Kier molecular flexibility index (Phi) is 5.16. The smallest absolute Gasteiger partial charge is 0.314 e. The van der Waals surface area contributed by atoms with Crippen molar-refractivity contribution in [1.29, 1.82) is 0 Å². The topological polar surface area (TPSA) is 95.7 Å². The molecular weight excluding hydrogens is 270 g/mol. The number of primary amides is 1. The Labute approximate surface area is 123 Å². The van der Waals surface area contributed by atoms with Gasteiger partial charge in [0.05, 0.1) is 12.5 Å². The maximum atomic E-state index is 12.1. The summed E-state index contributed by atoms with van der Waals surface area (Å²) in [5.41, 5.74) is 7.07. The van der Waals surface area contributed by atoms with Crippen LogP contribution < -0.4 is 11.1 Å². The summed E-state index contributed by atoms with van der Waals surface area (Å²) in [7, 11) is 0. The van der Waals surface area contributed by atoms with E-state index in [1.807, 2.05) is 24.3 Å². The fourth-order valence-corrected chi connectivity index (χ4v) is 2.49. The minimum Gasteiger partial charge on any atom is -0.392 e. The largest absolute Gasteiger partial charge is 0.392 e. The van der Waals surface area contributed by atoms with E-state index in [-0.39, 0.29) is 18.4 Å². The Bertz CT molecular complexity index is 501.